The van der Waals surface area contributed by atoms with Crippen molar-refractivity contribution in [1.82, 2.24) is 14.9 Å². The first-order valence-corrected chi connectivity index (χ1v) is 7.58. The highest BCUT2D eigenvalue weighted by molar-refractivity contribution is 7.89. The van der Waals surface area contributed by atoms with E-state index >= 15 is 0 Å². The first-order valence-electron chi connectivity index (χ1n) is 6.10. The standard InChI is InChI=1S/C12H16N4O3S/c1-9(13)10-2-4-11(5-3-10)20(17,18)16-7-6-12-14-8-15-19-12/h2-5,8-9,16H,6-7,13H2,1H3. The number of nitrogens with two attached hydrogens (primary N) is 1. The average Bonchev–Trinajstić information content (AvgIpc) is 2.92. The van der Waals surface area contributed by atoms with E-state index in [0.29, 0.717) is 12.3 Å². The van der Waals surface area contributed by atoms with Crippen LogP contribution in [0.4, 0.5) is 0 Å². The Labute approximate surface area is 117 Å². The van der Waals surface area contributed by atoms with Crippen molar-refractivity contribution in [2.24, 2.45) is 5.73 Å². The lowest BCUT2D eigenvalue weighted by Gasteiger charge is -2.08. The molecule has 1 unspecified atom stereocenters. The van der Waals surface area contributed by atoms with Crippen LogP contribution in [0.15, 0.2) is 40.0 Å². The molecule has 0 spiro atoms. The summed E-state index contributed by atoms with van der Waals surface area (Å²) in [7, 11) is -3.54. The number of hydrogen-bond acceptors (Lipinski definition) is 6. The third-order valence-electron chi connectivity index (χ3n) is 2.75. The van der Waals surface area contributed by atoms with Crippen LogP contribution >= 0.6 is 0 Å². The van der Waals surface area contributed by atoms with Gasteiger partial charge in [-0.05, 0) is 24.6 Å². The zero-order valence-electron chi connectivity index (χ0n) is 11.0. The maximum Gasteiger partial charge on any atom is 0.240 e. The molecule has 0 bridgehead atoms. The number of nitrogens with one attached hydrogen (secondary N) is 1. The molecule has 0 aliphatic carbocycles. The van der Waals surface area contributed by atoms with E-state index in [2.05, 4.69) is 14.9 Å². The van der Waals surface area contributed by atoms with E-state index < -0.39 is 10.0 Å². The maximum absolute atomic E-state index is 12.0. The van der Waals surface area contributed by atoms with E-state index in [4.69, 9.17) is 10.3 Å². The van der Waals surface area contributed by atoms with Crippen LogP contribution in [-0.2, 0) is 16.4 Å². The Bertz CT molecular complexity index is 636. The fraction of sp³-hybridized carbons (Fsp3) is 0.333. The first kappa shape index (κ1) is 14.6. The highest BCUT2D eigenvalue weighted by Crippen LogP contribution is 2.14. The topological polar surface area (TPSA) is 111 Å². The number of sulfonamides is 1. The van der Waals surface area contributed by atoms with Gasteiger partial charge in [-0.25, -0.2) is 13.1 Å². The molecule has 0 aliphatic heterocycles. The third kappa shape index (κ3) is 3.62. The van der Waals surface area contributed by atoms with Gasteiger partial charge in [-0.15, -0.1) is 0 Å². The first-order chi connectivity index (χ1) is 9.49. The monoisotopic (exact) mass is 296 g/mol. The van der Waals surface area contributed by atoms with Gasteiger partial charge in [0.1, 0.15) is 0 Å². The predicted octanol–water partition coefficient (Wildman–Crippen LogP) is 0.610. The zero-order chi connectivity index (χ0) is 14.6. The van der Waals surface area contributed by atoms with Crippen molar-refractivity contribution in [3.8, 4) is 0 Å². The summed E-state index contributed by atoms with van der Waals surface area (Å²) in [5.41, 5.74) is 6.60. The summed E-state index contributed by atoms with van der Waals surface area (Å²) >= 11 is 0. The Kier molecular flexibility index (Phi) is 4.48. The molecule has 0 amide bonds. The average molecular weight is 296 g/mol. The van der Waals surface area contributed by atoms with Crippen LogP contribution in [0.2, 0.25) is 0 Å². The third-order valence-corrected chi connectivity index (χ3v) is 4.23. The van der Waals surface area contributed by atoms with Crippen molar-refractivity contribution in [2.75, 3.05) is 6.54 Å². The van der Waals surface area contributed by atoms with Gasteiger partial charge in [-0.1, -0.05) is 17.3 Å². The normalized spacial score (nSPS) is 13.3. The lowest BCUT2D eigenvalue weighted by molar-refractivity contribution is 0.377. The van der Waals surface area contributed by atoms with Gasteiger partial charge in [0.15, 0.2) is 6.33 Å². The number of aromatic nitrogens is 2. The minimum atomic E-state index is -3.54. The molecule has 8 heteroatoms. The molecular weight excluding hydrogens is 280 g/mol. The zero-order valence-corrected chi connectivity index (χ0v) is 11.8. The molecule has 1 aromatic heterocycles. The summed E-state index contributed by atoms with van der Waals surface area (Å²) in [6.07, 6.45) is 1.62. The fourth-order valence-electron chi connectivity index (χ4n) is 1.63. The van der Waals surface area contributed by atoms with Crippen LogP contribution in [0.5, 0.6) is 0 Å². The number of rotatable bonds is 6. The van der Waals surface area contributed by atoms with Crippen molar-refractivity contribution in [1.29, 1.82) is 0 Å². The lowest BCUT2D eigenvalue weighted by Crippen LogP contribution is -2.26. The summed E-state index contributed by atoms with van der Waals surface area (Å²) in [5, 5.41) is 3.45. The molecule has 7 nitrogen and oxygen atoms in total. The Morgan fingerprint density at radius 2 is 2.05 bits per heavy atom. The van der Waals surface area contributed by atoms with Crippen LogP contribution in [0, 0.1) is 0 Å². The van der Waals surface area contributed by atoms with Crippen molar-refractivity contribution < 1.29 is 12.9 Å². The van der Waals surface area contributed by atoms with Crippen LogP contribution in [0.25, 0.3) is 0 Å². The van der Waals surface area contributed by atoms with Crippen LogP contribution in [0.3, 0.4) is 0 Å². The summed E-state index contributed by atoms with van der Waals surface area (Å²) in [5.74, 6) is 0.389. The number of hydrogen-bond donors (Lipinski definition) is 2. The second-order valence-corrected chi connectivity index (χ2v) is 6.11. The largest absolute Gasteiger partial charge is 0.340 e. The van der Waals surface area contributed by atoms with Gasteiger partial charge in [0.2, 0.25) is 15.9 Å². The van der Waals surface area contributed by atoms with Crippen molar-refractivity contribution in [3.05, 3.63) is 42.0 Å². The molecule has 20 heavy (non-hydrogen) atoms. The molecule has 0 fully saturated rings. The second-order valence-electron chi connectivity index (χ2n) is 4.34. The molecule has 0 radical (unpaired) electrons. The molecule has 1 atom stereocenters. The molecule has 2 rings (SSSR count). The minimum absolute atomic E-state index is 0.128. The smallest absolute Gasteiger partial charge is 0.240 e. The van der Waals surface area contributed by atoms with E-state index in [1.54, 1.807) is 12.1 Å². The minimum Gasteiger partial charge on any atom is -0.340 e. The maximum atomic E-state index is 12.0. The molecule has 1 heterocycles. The fourth-order valence-corrected chi connectivity index (χ4v) is 2.66. The number of benzene rings is 1. The van der Waals surface area contributed by atoms with Gasteiger partial charge in [-0.3, -0.25) is 0 Å². The Balaban J connectivity index is 1.99. The quantitative estimate of drug-likeness (QED) is 0.808. The molecule has 3 N–H and O–H groups in total. The predicted molar refractivity (Wildman–Crippen MR) is 72.2 cm³/mol. The number of nitrogens with zero attached hydrogens (tertiary/aromatic N) is 2. The lowest BCUT2D eigenvalue weighted by atomic mass is 10.1. The van der Waals surface area contributed by atoms with E-state index in [9.17, 15) is 8.42 Å². The summed E-state index contributed by atoms with van der Waals surface area (Å²) in [6.45, 7) is 2.03. The van der Waals surface area contributed by atoms with Crippen molar-refractivity contribution >= 4 is 10.0 Å². The molecule has 0 aliphatic rings. The van der Waals surface area contributed by atoms with Gasteiger partial charge in [0.05, 0.1) is 4.90 Å². The molecule has 0 saturated heterocycles. The second kappa shape index (κ2) is 6.12. The van der Waals surface area contributed by atoms with Gasteiger partial charge >= 0.3 is 0 Å². The van der Waals surface area contributed by atoms with E-state index in [-0.39, 0.29) is 17.5 Å². The molecular formula is C12H16N4O3S. The summed E-state index contributed by atoms with van der Waals surface area (Å²) in [4.78, 5) is 4.01. The van der Waals surface area contributed by atoms with Crippen LogP contribution in [-0.4, -0.2) is 25.1 Å². The van der Waals surface area contributed by atoms with Gasteiger partial charge in [-0.2, -0.15) is 4.98 Å². The highest BCUT2D eigenvalue weighted by atomic mass is 32.2. The summed E-state index contributed by atoms with van der Waals surface area (Å²) in [6, 6.07) is 6.35. The van der Waals surface area contributed by atoms with E-state index in [0.717, 1.165) is 5.56 Å². The van der Waals surface area contributed by atoms with E-state index in [1.165, 1.54) is 18.5 Å². The molecule has 1 aromatic carbocycles. The molecule has 108 valence electrons. The Morgan fingerprint density at radius 1 is 1.35 bits per heavy atom. The Hall–Kier alpha value is -1.77. The van der Waals surface area contributed by atoms with Crippen molar-refractivity contribution in [3.63, 3.8) is 0 Å². The van der Waals surface area contributed by atoms with E-state index in [1.807, 2.05) is 6.92 Å². The molecule has 0 saturated carbocycles. The summed E-state index contributed by atoms with van der Waals surface area (Å²) < 4.78 is 31.3. The van der Waals surface area contributed by atoms with Gasteiger partial charge in [0.25, 0.3) is 0 Å². The molecule has 2 aromatic rings. The van der Waals surface area contributed by atoms with Gasteiger partial charge in [0, 0.05) is 19.0 Å². The SMILES string of the molecule is CC(N)c1ccc(S(=O)(=O)NCCc2ncno2)cc1. The van der Waals surface area contributed by atoms with Crippen molar-refractivity contribution in [2.45, 2.75) is 24.3 Å². The van der Waals surface area contributed by atoms with Crippen LogP contribution in [0.1, 0.15) is 24.4 Å². The highest BCUT2D eigenvalue weighted by Gasteiger charge is 2.14. The van der Waals surface area contributed by atoms with Gasteiger partial charge < -0.3 is 10.3 Å². The Morgan fingerprint density at radius 3 is 2.60 bits per heavy atom. The van der Waals surface area contributed by atoms with Crippen LogP contribution < -0.4 is 10.5 Å².